The van der Waals surface area contributed by atoms with Gasteiger partial charge in [-0.05, 0) is 89.5 Å². The van der Waals surface area contributed by atoms with E-state index in [1.54, 1.807) is 26.4 Å². The minimum absolute atomic E-state index is 0.106. The highest BCUT2D eigenvalue weighted by atomic mass is 28.4. The molecule has 2 amide bonds. The minimum atomic E-state index is -2.87. The fraction of sp³-hybridized carbons (Fsp3) is 0.493. The molecule has 4 aromatic carbocycles. The van der Waals surface area contributed by atoms with Crippen molar-refractivity contribution < 1.29 is 80.3 Å². The fourth-order valence-electron chi connectivity index (χ4n) is 11.9. The molecule has 0 aliphatic carbocycles. The molecule has 5 aliphatic rings. The van der Waals surface area contributed by atoms with Gasteiger partial charge in [-0.1, -0.05) is 163 Å². The van der Waals surface area contributed by atoms with Gasteiger partial charge in [0.15, 0.2) is 30.5 Å². The molecule has 4 saturated heterocycles. The molecule has 0 saturated carbocycles. The molecular formula is C67H94N4O17Si4. The monoisotopic (exact) mass is 1340 g/mol. The zero-order valence-corrected chi connectivity index (χ0v) is 60.4. The van der Waals surface area contributed by atoms with Crippen molar-refractivity contribution in [1.29, 1.82) is 0 Å². The molecule has 500 valence electrons. The average Bonchev–Trinajstić information content (AvgIpc) is 1.44. The number of aryl methyl sites for hydroxylation is 1. The summed E-state index contributed by atoms with van der Waals surface area (Å²) in [5.74, 6) is -0.840. The van der Waals surface area contributed by atoms with E-state index in [1.165, 1.54) is 36.0 Å². The summed E-state index contributed by atoms with van der Waals surface area (Å²) < 4.78 is 65.4. The molecule has 0 spiro atoms. The van der Waals surface area contributed by atoms with E-state index in [1.807, 2.05) is 55.5 Å². The first-order valence-electron chi connectivity index (χ1n) is 30.8. The third-order valence-electron chi connectivity index (χ3n) is 15.9. The van der Waals surface area contributed by atoms with E-state index >= 15 is 0 Å². The third kappa shape index (κ3) is 16.8. The number of aliphatic hydroxyl groups is 2. The molecule has 21 nitrogen and oxygen atoms in total. The summed E-state index contributed by atoms with van der Waals surface area (Å²) in [5.41, 5.74) is -0.520. The number of hydrogen-bond donors (Lipinski definition) is 3. The number of esters is 3. The van der Waals surface area contributed by atoms with Crippen molar-refractivity contribution in [3.63, 3.8) is 0 Å². The normalized spacial score (nSPS) is 24.3. The Kier molecular flexibility index (Phi) is 23.5. The van der Waals surface area contributed by atoms with E-state index < -0.39 is 106 Å². The number of amides is 2. The van der Waals surface area contributed by atoms with Crippen molar-refractivity contribution in [2.45, 2.75) is 180 Å². The molecule has 5 aliphatic heterocycles. The Labute approximate surface area is 545 Å². The van der Waals surface area contributed by atoms with E-state index in [9.17, 15) is 29.4 Å². The second kappa shape index (κ2) is 29.5. The summed E-state index contributed by atoms with van der Waals surface area (Å²) in [6.45, 7) is 34.2. The molecule has 5 aromatic rings. The number of nitrogens with zero attached hydrogens (tertiary/aromatic N) is 3. The lowest BCUT2D eigenvalue weighted by molar-refractivity contribution is -0.241. The Balaban J connectivity index is 0.000000195. The van der Waals surface area contributed by atoms with Crippen LogP contribution in [0.5, 0.6) is 11.9 Å². The van der Waals surface area contributed by atoms with E-state index in [0.717, 1.165) is 15.9 Å². The highest BCUT2D eigenvalue weighted by Gasteiger charge is 2.67. The van der Waals surface area contributed by atoms with Crippen LogP contribution in [0.2, 0.25) is 49.4 Å². The van der Waals surface area contributed by atoms with E-state index in [4.69, 9.17) is 46.1 Å². The SMILES string of the molecule is CC(=O)OC(C)=O.CC1=CN([C@@H]2O[C@@]3(CO[Si](c4ccccc4)(c4ccccc4)C(C)(C)C)CO[C@H]2C3O)C(=O)NC1O.CO[C@@H]1O[C@@]2(CO[Si](c3ccccc3)(c3ccccc3)C(C)(C)C)CO[C@H]1C2OC(C)=O.Cc1cnc(O[Si](C)(C)C)nc1O[Si](C)(C)C. The fourth-order valence-corrected chi connectivity index (χ4v) is 22.6. The molecule has 6 heterocycles. The Morgan fingerprint density at radius 1 is 0.641 bits per heavy atom. The molecule has 3 N–H and O–H groups in total. The van der Waals surface area contributed by atoms with Gasteiger partial charge in [-0.25, -0.2) is 9.78 Å². The summed E-state index contributed by atoms with van der Waals surface area (Å²) >= 11 is 0. The van der Waals surface area contributed by atoms with Crippen LogP contribution in [0.25, 0.3) is 0 Å². The summed E-state index contributed by atoms with van der Waals surface area (Å²) in [5, 5.41) is 27.9. The number of carbonyl (C=O) groups excluding carboxylic acids is 4. The van der Waals surface area contributed by atoms with Gasteiger partial charge in [-0.2, -0.15) is 4.98 Å². The van der Waals surface area contributed by atoms with Gasteiger partial charge in [0.05, 0.1) is 26.4 Å². The Hall–Kier alpha value is -6.31. The average molecular weight is 1340 g/mol. The topological polar surface area (TPSA) is 251 Å². The predicted octanol–water partition coefficient (Wildman–Crippen LogP) is 7.61. The number of benzene rings is 4. The van der Waals surface area contributed by atoms with Crippen LogP contribution < -0.4 is 34.9 Å². The molecule has 9 atom stereocenters. The predicted molar refractivity (Wildman–Crippen MR) is 358 cm³/mol. The highest BCUT2D eigenvalue weighted by Crippen LogP contribution is 2.47. The van der Waals surface area contributed by atoms with Crippen molar-refractivity contribution in [1.82, 2.24) is 20.2 Å². The van der Waals surface area contributed by atoms with Crippen molar-refractivity contribution in [3.05, 3.63) is 145 Å². The van der Waals surface area contributed by atoms with Crippen molar-refractivity contribution in [2.24, 2.45) is 0 Å². The smallest absolute Gasteiger partial charge is 0.325 e. The van der Waals surface area contributed by atoms with Crippen LogP contribution in [0.4, 0.5) is 4.79 Å². The largest absolute Gasteiger partial charge is 0.531 e. The van der Waals surface area contributed by atoms with E-state index in [-0.39, 0.29) is 42.5 Å². The number of hydrogen-bond acceptors (Lipinski definition) is 19. The van der Waals surface area contributed by atoms with Crippen LogP contribution in [-0.4, -0.2) is 170 Å². The summed E-state index contributed by atoms with van der Waals surface area (Å²) in [7, 11) is -7.40. The molecular weight excluding hydrogens is 1250 g/mol. The molecule has 25 heteroatoms. The number of aliphatic hydroxyl groups excluding tert-OH is 2. The molecule has 3 unspecified atom stereocenters. The number of urea groups is 1. The molecule has 92 heavy (non-hydrogen) atoms. The molecule has 10 rings (SSSR count). The van der Waals surface area contributed by atoms with Crippen molar-refractivity contribution in [3.8, 4) is 11.9 Å². The Morgan fingerprint density at radius 2 is 1.08 bits per heavy atom. The van der Waals surface area contributed by atoms with E-state index in [0.29, 0.717) is 17.5 Å². The number of carbonyl (C=O) groups is 4. The standard InChI is InChI=1S/C27H34N2O6Si.C25H32O6Si.C11H22N2O2Si2.C4H6O3/c1-18-15-29(25(32)28-23(18)31)24-21-22(30)27(35-24,16-33-21)17-34-36(26(2,3)4,19-11-7-5-8-12-19)20-13-9-6-10-14-20;1-18(26)30-22-21-23(27-5)31-25(22,16-28-21)17-29-32(24(2,3)4,19-12-8-6-9-13-19)20-14-10-7-11-15-20;1-9-8-12-11(15-17(5,6)7)13-10(9)14-16(2,3)4;1-3(5)7-4(2)6/h5-15,21-24,30-31H,16-17H2,1-4H3,(H,28,32);6-15,21-23H,16-17H2,1-5H3;8H,1-7H3;1-2H3/t21-,22?,23?,24+,27+;21-,22?,23+,25+;;/m00../s1. The molecule has 1 aromatic heterocycles. The van der Waals surface area contributed by atoms with Crippen molar-refractivity contribution in [2.75, 3.05) is 33.5 Å². The van der Waals surface area contributed by atoms with Crippen LogP contribution in [0.15, 0.2) is 139 Å². The van der Waals surface area contributed by atoms with Crippen LogP contribution in [-0.2, 0) is 56.4 Å². The number of fused-ring (bicyclic) bond motifs is 4. The quantitative estimate of drug-likeness (QED) is 0.0460. The second-order valence-electron chi connectivity index (χ2n) is 27.6. The first kappa shape index (κ1) is 73.1. The Morgan fingerprint density at radius 3 is 1.48 bits per heavy atom. The van der Waals surface area contributed by atoms with Gasteiger partial charge in [-0.15, -0.1) is 0 Å². The van der Waals surface area contributed by atoms with Gasteiger partial charge in [0.1, 0.15) is 23.9 Å². The molecule has 4 bridgehead atoms. The maximum Gasteiger partial charge on any atom is 0.325 e. The van der Waals surface area contributed by atoms with Gasteiger partial charge < -0.3 is 66.4 Å². The van der Waals surface area contributed by atoms with E-state index in [2.05, 4.69) is 174 Å². The first-order chi connectivity index (χ1) is 43.0. The summed E-state index contributed by atoms with van der Waals surface area (Å²) in [6.07, 6.45) is -1.93. The lowest BCUT2D eigenvalue weighted by atomic mass is 10.0. The zero-order chi connectivity index (χ0) is 67.8. The van der Waals surface area contributed by atoms with Crippen LogP contribution in [0.3, 0.4) is 0 Å². The van der Waals surface area contributed by atoms with Gasteiger partial charge in [0.25, 0.3) is 16.6 Å². The number of nitrogens with one attached hydrogen (secondary N) is 1. The zero-order valence-electron chi connectivity index (χ0n) is 56.4. The highest BCUT2D eigenvalue weighted by molar-refractivity contribution is 7.00. The maximum absolute atomic E-state index is 12.6. The minimum Gasteiger partial charge on any atom is -0.531 e. The molecule has 0 radical (unpaired) electrons. The third-order valence-corrected chi connectivity index (χ3v) is 27.5. The van der Waals surface area contributed by atoms with Gasteiger partial charge >= 0.3 is 29.9 Å². The summed E-state index contributed by atoms with van der Waals surface area (Å²) in [4.78, 5) is 54.0. The first-order valence-corrected chi connectivity index (χ1v) is 41.5. The number of methoxy groups -OCH3 is 1. The van der Waals surface area contributed by atoms with Gasteiger partial charge in [0, 0.05) is 45.8 Å². The lowest BCUT2D eigenvalue weighted by Gasteiger charge is -2.45. The maximum atomic E-state index is 12.6. The lowest BCUT2D eigenvalue weighted by Crippen LogP contribution is -2.68. The number of aromatic nitrogens is 2. The summed E-state index contributed by atoms with van der Waals surface area (Å²) in [6, 6.07) is 41.3. The number of rotatable bonds is 17. The number of ether oxygens (including phenoxy) is 7. The van der Waals surface area contributed by atoms with Crippen molar-refractivity contribution >= 4 is 78.0 Å². The van der Waals surface area contributed by atoms with Crippen LogP contribution in [0, 0.1) is 6.92 Å². The van der Waals surface area contributed by atoms with Crippen LogP contribution in [0.1, 0.15) is 74.8 Å². The van der Waals surface area contributed by atoms with Crippen LogP contribution >= 0.6 is 0 Å². The van der Waals surface area contributed by atoms with Gasteiger partial charge in [-0.3, -0.25) is 19.3 Å². The second-order valence-corrected chi connectivity index (χ2v) is 45.0. The Bertz CT molecular complexity index is 3240. The molecule has 4 fully saturated rings. The van der Waals surface area contributed by atoms with Gasteiger partial charge in [0.2, 0.25) is 22.5 Å².